The molecule has 4 heteroatoms. The third-order valence-corrected chi connectivity index (χ3v) is 4.33. The third-order valence-electron chi connectivity index (χ3n) is 4.33. The minimum absolute atomic E-state index is 0.440. The molecular weight excluding hydrogens is 236 g/mol. The van der Waals surface area contributed by atoms with Crippen molar-refractivity contribution in [2.45, 2.75) is 25.3 Å². The molecule has 1 aromatic rings. The standard InChI is InChI=1S/C15H24N4/c1-18-7-9-19(10-8-18)17-15-4-2-3-12-5-6-13(16)11-14(12)15/h5-6,11,15,17H,2-4,7-10,16H2,1H3. The van der Waals surface area contributed by atoms with Crippen LogP contribution in [0.5, 0.6) is 0 Å². The van der Waals surface area contributed by atoms with Crippen molar-refractivity contribution >= 4 is 5.69 Å². The molecule has 1 aromatic carbocycles. The van der Waals surface area contributed by atoms with Crippen LogP contribution < -0.4 is 11.2 Å². The minimum Gasteiger partial charge on any atom is -0.399 e. The second-order valence-electron chi connectivity index (χ2n) is 5.82. The number of fused-ring (bicyclic) bond motifs is 1. The fraction of sp³-hybridized carbons (Fsp3) is 0.600. The zero-order chi connectivity index (χ0) is 13.2. The van der Waals surface area contributed by atoms with Gasteiger partial charge in [0.25, 0.3) is 0 Å². The minimum atomic E-state index is 0.440. The molecule has 4 nitrogen and oxygen atoms in total. The lowest BCUT2D eigenvalue weighted by atomic mass is 9.87. The van der Waals surface area contributed by atoms with Crippen molar-refractivity contribution in [1.82, 2.24) is 15.3 Å². The van der Waals surface area contributed by atoms with Gasteiger partial charge in [0.1, 0.15) is 0 Å². The number of nitrogens with zero attached hydrogens (tertiary/aromatic N) is 2. The van der Waals surface area contributed by atoms with Gasteiger partial charge in [-0.25, -0.2) is 10.4 Å². The summed E-state index contributed by atoms with van der Waals surface area (Å²) in [6.45, 7) is 4.49. The molecule has 0 aromatic heterocycles. The second kappa shape index (κ2) is 5.49. The number of likely N-dealkylation sites (N-methyl/N-ethyl adjacent to an activating group) is 1. The molecule has 104 valence electrons. The number of hydrogen-bond donors (Lipinski definition) is 2. The highest BCUT2D eigenvalue weighted by Gasteiger charge is 2.23. The number of nitrogen functional groups attached to an aromatic ring is 1. The molecule has 1 aliphatic heterocycles. The van der Waals surface area contributed by atoms with Crippen LogP contribution in [0.3, 0.4) is 0 Å². The summed E-state index contributed by atoms with van der Waals surface area (Å²) in [5.41, 5.74) is 13.4. The van der Waals surface area contributed by atoms with Crippen molar-refractivity contribution in [2.24, 2.45) is 0 Å². The predicted molar refractivity (Wildman–Crippen MR) is 78.7 cm³/mol. The van der Waals surface area contributed by atoms with Crippen molar-refractivity contribution in [2.75, 3.05) is 39.0 Å². The number of hydrazine groups is 1. The van der Waals surface area contributed by atoms with Gasteiger partial charge < -0.3 is 10.6 Å². The topological polar surface area (TPSA) is 44.5 Å². The second-order valence-corrected chi connectivity index (χ2v) is 5.82. The number of aryl methyl sites for hydroxylation is 1. The Bertz CT molecular complexity index is 438. The molecule has 1 atom stereocenters. The predicted octanol–water partition coefficient (Wildman–Crippen LogP) is 1.40. The zero-order valence-corrected chi connectivity index (χ0v) is 11.7. The molecule has 3 N–H and O–H groups in total. The van der Waals surface area contributed by atoms with Crippen LogP contribution >= 0.6 is 0 Å². The highest BCUT2D eigenvalue weighted by molar-refractivity contribution is 5.46. The van der Waals surface area contributed by atoms with E-state index < -0.39 is 0 Å². The molecule has 0 saturated carbocycles. The lowest BCUT2D eigenvalue weighted by Gasteiger charge is -2.37. The van der Waals surface area contributed by atoms with Gasteiger partial charge in [-0.2, -0.15) is 0 Å². The number of anilines is 1. The first-order valence-electron chi connectivity index (χ1n) is 7.30. The molecule has 0 radical (unpaired) electrons. The summed E-state index contributed by atoms with van der Waals surface area (Å²) in [6, 6.07) is 6.82. The van der Waals surface area contributed by atoms with Crippen LogP contribution in [-0.2, 0) is 6.42 Å². The van der Waals surface area contributed by atoms with E-state index in [1.807, 2.05) is 6.07 Å². The fourth-order valence-electron chi connectivity index (χ4n) is 3.11. The largest absolute Gasteiger partial charge is 0.399 e. The van der Waals surface area contributed by atoms with E-state index in [1.165, 1.54) is 30.4 Å². The van der Waals surface area contributed by atoms with Crippen molar-refractivity contribution < 1.29 is 0 Å². The number of piperazine rings is 1. The Balaban J connectivity index is 1.71. The summed E-state index contributed by atoms with van der Waals surface area (Å²) in [7, 11) is 2.19. The Morgan fingerprint density at radius 1 is 1.21 bits per heavy atom. The van der Waals surface area contributed by atoms with Crippen LogP contribution in [0.25, 0.3) is 0 Å². The highest BCUT2D eigenvalue weighted by atomic mass is 15.5. The number of rotatable bonds is 2. The molecule has 0 amide bonds. The van der Waals surface area contributed by atoms with Gasteiger partial charge in [0, 0.05) is 37.9 Å². The molecule has 0 spiro atoms. The molecule has 1 aliphatic carbocycles. The molecule has 19 heavy (non-hydrogen) atoms. The van der Waals surface area contributed by atoms with Gasteiger partial charge in [-0.15, -0.1) is 0 Å². The van der Waals surface area contributed by atoms with Crippen LogP contribution in [0.4, 0.5) is 5.69 Å². The Hall–Kier alpha value is -1.10. The van der Waals surface area contributed by atoms with Gasteiger partial charge >= 0.3 is 0 Å². The van der Waals surface area contributed by atoms with E-state index >= 15 is 0 Å². The van der Waals surface area contributed by atoms with E-state index in [-0.39, 0.29) is 0 Å². The summed E-state index contributed by atoms with van der Waals surface area (Å²) in [4.78, 5) is 2.38. The van der Waals surface area contributed by atoms with Crippen LogP contribution in [0.2, 0.25) is 0 Å². The van der Waals surface area contributed by atoms with Crippen molar-refractivity contribution in [1.29, 1.82) is 0 Å². The number of nitrogens with one attached hydrogen (secondary N) is 1. The van der Waals surface area contributed by atoms with Gasteiger partial charge in [0.2, 0.25) is 0 Å². The maximum atomic E-state index is 5.95. The molecular formula is C15H24N4. The van der Waals surface area contributed by atoms with Gasteiger partial charge in [-0.05, 0) is 49.6 Å². The normalized spacial score (nSPS) is 25.2. The summed E-state index contributed by atoms with van der Waals surface area (Å²) in [5.74, 6) is 0. The van der Waals surface area contributed by atoms with Crippen LogP contribution in [-0.4, -0.2) is 43.1 Å². The average Bonchev–Trinajstić information content (AvgIpc) is 2.42. The van der Waals surface area contributed by atoms with Crippen LogP contribution in [0.15, 0.2) is 18.2 Å². The molecule has 0 bridgehead atoms. The van der Waals surface area contributed by atoms with Crippen LogP contribution in [0, 0.1) is 0 Å². The van der Waals surface area contributed by atoms with E-state index in [2.05, 4.69) is 34.5 Å². The maximum Gasteiger partial charge on any atom is 0.0468 e. The molecule has 1 heterocycles. The van der Waals surface area contributed by atoms with Gasteiger partial charge in [-0.1, -0.05) is 6.07 Å². The molecule has 2 aliphatic rings. The molecule has 1 unspecified atom stereocenters. The van der Waals surface area contributed by atoms with Crippen molar-refractivity contribution in [3.8, 4) is 0 Å². The molecule has 1 fully saturated rings. The van der Waals surface area contributed by atoms with Crippen molar-refractivity contribution in [3.63, 3.8) is 0 Å². The SMILES string of the molecule is CN1CCN(NC2CCCc3ccc(N)cc32)CC1. The Morgan fingerprint density at radius 2 is 2.00 bits per heavy atom. The smallest absolute Gasteiger partial charge is 0.0468 e. The summed E-state index contributed by atoms with van der Waals surface area (Å²) >= 11 is 0. The summed E-state index contributed by atoms with van der Waals surface area (Å²) < 4.78 is 0. The van der Waals surface area contributed by atoms with Crippen LogP contribution in [0.1, 0.15) is 30.0 Å². The van der Waals surface area contributed by atoms with Crippen molar-refractivity contribution in [3.05, 3.63) is 29.3 Å². The zero-order valence-electron chi connectivity index (χ0n) is 11.7. The Morgan fingerprint density at radius 3 is 2.79 bits per heavy atom. The number of hydrogen-bond acceptors (Lipinski definition) is 4. The first kappa shape index (κ1) is 12.9. The number of nitrogens with two attached hydrogens (primary N) is 1. The van der Waals surface area contributed by atoms with Gasteiger partial charge in [0.15, 0.2) is 0 Å². The molecule has 1 saturated heterocycles. The number of benzene rings is 1. The van der Waals surface area contributed by atoms with E-state index in [0.717, 1.165) is 31.9 Å². The maximum absolute atomic E-state index is 5.95. The fourth-order valence-corrected chi connectivity index (χ4v) is 3.11. The van der Waals surface area contributed by atoms with Gasteiger partial charge in [-0.3, -0.25) is 0 Å². The highest BCUT2D eigenvalue weighted by Crippen LogP contribution is 2.31. The van der Waals surface area contributed by atoms with E-state index in [4.69, 9.17) is 5.73 Å². The van der Waals surface area contributed by atoms with Gasteiger partial charge in [0.05, 0.1) is 0 Å². The summed E-state index contributed by atoms with van der Waals surface area (Å²) in [5, 5.41) is 2.38. The monoisotopic (exact) mass is 260 g/mol. The average molecular weight is 260 g/mol. The molecule has 3 rings (SSSR count). The lowest BCUT2D eigenvalue weighted by Crippen LogP contribution is -2.52. The van der Waals surface area contributed by atoms with E-state index in [0.29, 0.717) is 6.04 Å². The van der Waals surface area contributed by atoms with E-state index in [9.17, 15) is 0 Å². The first-order chi connectivity index (χ1) is 9.22. The quantitative estimate of drug-likeness (QED) is 0.789. The van der Waals surface area contributed by atoms with E-state index in [1.54, 1.807) is 0 Å². The summed E-state index contributed by atoms with van der Waals surface area (Å²) in [6.07, 6.45) is 3.67. The Kier molecular flexibility index (Phi) is 3.73. The third kappa shape index (κ3) is 2.91. The Labute approximate surface area is 115 Å². The first-order valence-corrected chi connectivity index (χ1v) is 7.30. The lowest BCUT2D eigenvalue weighted by molar-refractivity contribution is 0.0829.